The van der Waals surface area contributed by atoms with Gasteiger partial charge < -0.3 is 15.3 Å². The summed E-state index contributed by atoms with van der Waals surface area (Å²) in [5, 5.41) is 35.7. The van der Waals surface area contributed by atoms with Gasteiger partial charge in [-0.3, -0.25) is 14.7 Å². The minimum atomic E-state index is -1.68. The summed E-state index contributed by atoms with van der Waals surface area (Å²) in [6.45, 7) is 1.64. The zero-order chi connectivity index (χ0) is 23.0. The maximum absolute atomic E-state index is 13.0. The zero-order valence-corrected chi connectivity index (χ0v) is 16.8. The lowest BCUT2D eigenvalue weighted by atomic mass is 10.1. The number of rotatable bonds is 5. The SMILES string of the molecule is Cc1[nH]n(-c2ccccc2)c(=O)c1C=C1C(=O)N(c2ccc(C(O)O)cc2)N=C1C(=O)O. The molecule has 162 valence electrons. The molecule has 0 radical (unpaired) electrons. The number of nitrogens with zero attached hydrogens (tertiary/aromatic N) is 3. The van der Waals surface area contributed by atoms with Crippen LogP contribution < -0.4 is 10.6 Å². The number of carbonyl (C=O) groups excluding carboxylic acids is 1. The molecule has 32 heavy (non-hydrogen) atoms. The number of amides is 1. The van der Waals surface area contributed by atoms with Gasteiger partial charge in [0, 0.05) is 11.3 Å². The van der Waals surface area contributed by atoms with E-state index in [4.69, 9.17) is 0 Å². The Morgan fingerprint density at radius 2 is 1.69 bits per heavy atom. The normalized spacial score (nSPS) is 15.0. The van der Waals surface area contributed by atoms with Gasteiger partial charge >= 0.3 is 5.97 Å². The molecule has 1 aliphatic rings. The Kier molecular flexibility index (Phi) is 5.31. The molecule has 4 N–H and O–H groups in total. The quantitative estimate of drug-likeness (QED) is 0.352. The van der Waals surface area contributed by atoms with Crippen molar-refractivity contribution in [2.24, 2.45) is 5.10 Å². The minimum absolute atomic E-state index is 0.131. The standard InChI is InChI=1S/C22H18N4O6/c1-12-16(19(27)25(23-12)14-5-3-2-4-6-14)11-17-18(22(31)32)24-26(20(17)28)15-9-7-13(8-10-15)21(29)30/h2-11,21,23,29-30H,1H3,(H,31,32). The molecule has 10 heteroatoms. The van der Waals surface area contributed by atoms with Crippen molar-refractivity contribution in [3.8, 4) is 5.69 Å². The lowest BCUT2D eigenvalue weighted by Gasteiger charge is -2.12. The Morgan fingerprint density at radius 1 is 1.03 bits per heavy atom. The van der Waals surface area contributed by atoms with E-state index in [9.17, 15) is 29.7 Å². The first-order valence-electron chi connectivity index (χ1n) is 9.49. The summed E-state index contributed by atoms with van der Waals surface area (Å²) < 4.78 is 1.30. The molecule has 0 saturated heterocycles. The van der Waals surface area contributed by atoms with E-state index in [2.05, 4.69) is 10.2 Å². The van der Waals surface area contributed by atoms with Crippen molar-refractivity contribution < 1.29 is 24.9 Å². The molecule has 4 rings (SSSR count). The van der Waals surface area contributed by atoms with Gasteiger partial charge in [-0.25, -0.2) is 9.48 Å². The number of para-hydroxylation sites is 1. The Labute approximate surface area is 181 Å². The van der Waals surface area contributed by atoms with Crippen LogP contribution in [-0.2, 0) is 9.59 Å². The van der Waals surface area contributed by atoms with Crippen LogP contribution in [0.25, 0.3) is 11.8 Å². The van der Waals surface area contributed by atoms with E-state index in [1.807, 2.05) is 6.07 Å². The lowest BCUT2D eigenvalue weighted by molar-refractivity contribution is -0.129. The number of aryl methyl sites for hydroxylation is 1. The summed E-state index contributed by atoms with van der Waals surface area (Å²) in [6.07, 6.45) is -0.468. The van der Waals surface area contributed by atoms with Crippen molar-refractivity contribution in [1.82, 2.24) is 9.78 Å². The molecule has 0 saturated carbocycles. The third kappa shape index (κ3) is 3.64. The van der Waals surface area contributed by atoms with Crippen molar-refractivity contribution in [3.63, 3.8) is 0 Å². The average Bonchev–Trinajstić information content (AvgIpc) is 3.26. The van der Waals surface area contributed by atoms with Gasteiger partial charge in [0.1, 0.15) is 0 Å². The first-order chi connectivity index (χ1) is 15.3. The molecular formula is C22H18N4O6. The van der Waals surface area contributed by atoms with Gasteiger partial charge in [0.15, 0.2) is 12.0 Å². The van der Waals surface area contributed by atoms with Crippen molar-refractivity contribution in [2.75, 3.05) is 5.01 Å². The number of benzene rings is 2. The second-order valence-electron chi connectivity index (χ2n) is 7.02. The second-order valence-corrected chi connectivity index (χ2v) is 7.02. The highest BCUT2D eigenvalue weighted by Gasteiger charge is 2.35. The summed E-state index contributed by atoms with van der Waals surface area (Å²) >= 11 is 0. The first kappa shape index (κ1) is 21.0. The van der Waals surface area contributed by atoms with E-state index in [-0.39, 0.29) is 22.4 Å². The number of hydrogen-bond donors (Lipinski definition) is 4. The van der Waals surface area contributed by atoms with E-state index in [0.717, 1.165) is 5.01 Å². The van der Waals surface area contributed by atoms with E-state index in [1.165, 1.54) is 35.0 Å². The van der Waals surface area contributed by atoms with Crippen molar-refractivity contribution in [2.45, 2.75) is 13.2 Å². The number of anilines is 1. The van der Waals surface area contributed by atoms with Gasteiger partial charge in [-0.1, -0.05) is 30.3 Å². The first-order valence-corrected chi connectivity index (χ1v) is 9.49. The van der Waals surface area contributed by atoms with Crippen LogP contribution in [0.1, 0.15) is 23.1 Å². The van der Waals surface area contributed by atoms with Crippen LogP contribution in [0.5, 0.6) is 0 Å². The maximum Gasteiger partial charge on any atom is 0.357 e. The Bertz CT molecular complexity index is 1320. The number of nitrogens with one attached hydrogen (secondary N) is 1. The highest BCUT2D eigenvalue weighted by atomic mass is 16.5. The molecule has 0 bridgehead atoms. The van der Waals surface area contributed by atoms with Gasteiger partial charge in [0.2, 0.25) is 0 Å². The number of carbonyl (C=O) groups is 2. The van der Waals surface area contributed by atoms with Crippen LogP contribution in [0.15, 0.2) is 70.1 Å². The summed E-state index contributed by atoms with van der Waals surface area (Å²) in [4.78, 5) is 37.7. The largest absolute Gasteiger partial charge is 0.476 e. The number of aliphatic hydroxyl groups excluding tert-OH is 1. The minimum Gasteiger partial charge on any atom is -0.476 e. The second kappa shape index (κ2) is 8.10. The summed E-state index contributed by atoms with van der Waals surface area (Å²) in [5.74, 6) is -2.16. The molecule has 10 nitrogen and oxygen atoms in total. The fraction of sp³-hybridized carbons (Fsp3) is 0.0909. The topological polar surface area (TPSA) is 148 Å². The number of aliphatic carboxylic acids is 1. The van der Waals surface area contributed by atoms with Crippen molar-refractivity contribution in [1.29, 1.82) is 0 Å². The van der Waals surface area contributed by atoms with E-state index < -0.39 is 29.4 Å². The Morgan fingerprint density at radius 3 is 2.28 bits per heavy atom. The van der Waals surface area contributed by atoms with Crippen LogP contribution in [-0.4, -0.2) is 42.7 Å². The molecule has 3 aromatic rings. The molecule has 1 amide bonds. The fourth-order valence-electron chi connectivity index (χ4n) is 3.30. The van der Waals surface area contributed by atoms with E-state index in [0.29, 0.717) is 11.4 Å². The summed E-state index contributed by atoms with van der Waals surface area (Å²) in [7, 11) is 0. The molecule has 2 heterocycles. The van der Waals surface area contributed by atoms with Crippen molar-refractivity contribution in [3.05, 3.63) is 87.3 Å². The number of carboxylic acid groups (broad SMARTS) is 1. The van der Waals surface area contributed by atoms with Crippen LogP contribution in [0.4, 0.5) is 5.69 Å². The highest BCUT2D eigenvalue weighted by molar-refractivity contribution is 6.53. The zero-order valence-electron chi connectivity index (χ0n) is 16.8. The van der Waals surface area contributed by atoms with Crippen LogP contribution in [0.3, 0.4) is 0 Å². The van der Waals surface area contributed by atoms with Gasteiger partial charge in [-0.05, 0) is 37.3 Å². The molecule has 1 aliphatic heterocycles. The van der Waals surface area contributed by atoms with Crippen LogP contribution in [0, 0.1) is 6.92 Å². The smallest absolute Gasteiger partial charge is 0.357 e. The monoisotopic (exact) mass is 434 g/mol. The predicted molar refractivity (Wildman–Crippen MR) is 115 cm³/mol. The average molecular weight is 434 g/mol. The number of aromatic amines is 1. The van der Waals surface area contributed by atoms with E-state index in [1.54, 1.807) is 31.2 Å². The molecule has 0 aliphatic carbocycles. The third-order valence-electron chi connectivity index (χ3n) is 4.94. The number of H-pyrrole nitrogens is 1. The Hall–Kier alpha value is -4.28. The number of hydrazone groups is 1. The molecule has 0 fully saturated rings. The molecular weight excluding hydrogens is 416 g/mol. The molecule has 0 spiro atoms. The van der Waals surface area contributed by atoms with Gasteiger partial charge in [0.25, 0.3) is 11.5 Å². The molecule has 0 unspecified atom stereocenters. The van der Waals surface area contributed by atoms with Gasteiger partial charge in [-0.15, -0.1) is 0 Å². The number of carboxylic acids is 1. The molecule has 0 atom stereocenters. The maximum atomic E-state index is 13.0. The number of hydrogen-bond acceptors (Lipinski definition) is 6. The lowest BCUT2D eigenvalue weighted by Crippen LogP contribution is -2.23. The summed E-state index contributed by atoms with van der Waals surface area (Å²) in [5.41, 5.74) is 0.393. The number of aliphatic hydroxyl groups is 2. The van der Waals surface area contributed by atoms with Crippen LogP contribution >= 0.6 is 0 Å². The van der Waals surface area contributed by atoms with Crippen molar-refractivity contribution >= 4 is 29.4 Å². The predicted octanol–water partition coefficient (Wildman–Crippen LogP) is 1.33. The van der Waals surface area contributed by atoms with Gasteiger partial charge in [0.05, 0.1) is 22.5 Å². The third-order valence-corrected chi connectivity index (χ3v) is 4.94. The van der Waals surface area contributed by atoms with E-state index >= 15 is 0 Å². The molecule has 2 aromatic carbocycles. The molecule has 1 aromatic heterocycles. The van der Waals surface area contributed by atoms with Crippen LogP contribution in [0.2, 0.25) is 0 Å². The highest BCUT2D eigenvalue weighted by Crippen LogP contribution is 2.26. The summed E-state index contributed by atoms with van der Waals surface area (Å²) in [6, 6.07) is 14.4. The fourth-order valence-corrected chi connectivity index (χ4v) is 3.30. The number of aromatic nitrogens is 2. The van der Waals surface area contributed by atoms with Gasteiger partial charge in [-0.2, -0.15) is 10.1 Å². The Balaban J connectivity index is 1.76.